The Hall–Kier alpha value is -2.22. The summed E-state index contributed by atoms with van der Waals surface area (Å²) in [5.74, 6) is 0.116. The Morgan fingerprint density at radius 1 is 1.13 bits per heavy atom. The van der Waals surface area contributed by atoms with Gasteiger partial charge in [-0.1, -0.05) is 12.1 Å². The third kappa shape index (κ3) is 3.76. The van der Waals surface area contributed by atoms with E-state index in [0.717, 1.165) is 3.57 Å². The molecule has 0 saturated heterocycles. The molecule has 0 aliphatic heterocycles. The maximum Gasteiger partial charge on any atom is 0.312 e. The fourth-order valence-corrected chi connectivity index (χ4v) is 2.52. The van der Waals surface area contributed by atoms with Gasteiger partial charge in [0, 0.05) is 10.1 Å². The second kappa shape index (κ2) is 6.91. The highest BCUT2D eigenvalue weighted by molar-refractivity contribution is 14.1. The van der Waals surface area contributed by atoms with Gasteiger partial charge in [0.05, 0.1) is 23.7 Å². The first-order valence-electron chi connectivity index (χ1n) is 7.04. The number of nitrogens with zero attached hydrogens (tertiary/aromatic N) is 2. The van der Waals surface area contributed by atoms with Crippen LogP contribution in [-0.2, 0) is 11.3 Å². The van der Waals surface area contributed by atoms with Crippen molar-refractivity contribution in [3.8, 4) is 5.75 Å². The summed E-state index contributed by atoms with van der Waals surface area (Å²) in [6.45, 7) is 0.236. The Balaban J connectivity index is 1.68. The van der Waals surface area contributed by atoms with Crippen LogP contribution in [0.5, 0.6) is 5.75 Å². The summed E-state index contributed by atoms with van der Waals surface area (Å²) in [5.41, 5.74) is 0.493. The molecular weight excluding hydrogens is 407 g/mol. The smallest absolute Gasteiger partial charge is 0.312 e. The molecule has 0 fully saturated rings. The van der Waals surface area contributed by atoms with Crippen molar-refractivity contribution in [1.29, 1.82) is 0 Å². The van der Waals surface area contributed by atoms with Crippen LogP contribution in [-0.4, -0.2) is 15.5 Å². The predicted octanol–water partition coefficient (Wildman–Crippen LogP) is 3.00. The second-order valence-electron chi connectivity index (χ2n) is 4.94. The molecule has 0 N–H and O–H groups in total. The van der Waals surface area contributed by atoms with Crippen LogP contribution < -0.4 is 10.3 Å². The van der Waals surface area contributed by atoms with Crippen molar-refractivity contribution in [2.24, 2.45) is 0 Å². The molecule has 0 aliphatic rings. The number of fused-ring (bicyclic) bond motifs is 1. The molecule has 23 heavy (non-hydrogen) atoms. The Morgan fingerprint density at radius 3 is 2.65 bits per heavy atom. The molecule has 0 bridgehead atoms. The van der Waals surface area contributed by atoms with E-state index in [-0.39, 0.29) is 24.5 Å². The molecule has 1 heterocycles. The van der Waals surface area contributed by atoms with E-state index in [1.165, 1.54) is 10.9 Å². The molecule has 0 spiro atoms. The van der Waals surface area contributed by atoms with Gasteiger partial charge in [0.1, 0.15) is 5.75 Å². The lowest BCUT2D eigenvalue weighted by Crippen LogP contribution is -2.23. The van der Waals surface area contributed by atoms with Gasteiger partial charge < -0.3 is 4.74 Å². The van der Waals surface area contributed by atoms with Crippen LogP contribution in [0.4, 0.5) is 0 Å². The summed E-state index contributed by atoms with van der Waals surface area (Å²) in [5, 5.41) is 0.543. The summed E-state index contributed by atoms with van der Waals surface area (Å²) < 4.78 is 7.73. The van der Waals surface area contributed by atoms with E-state index < -0.39 is 0 Å². The van der Waals surface area contributed by atoms with Crippen molar-refractivity contribution in [3.63, 3.8) is 0 Å². The first-order valence-corrected chi connectivity index (χ1v) is 8.12. The zero-order valence-electron chi connectivity index (χ0n) is 12.1. The molecule has 5 nitrogen and oxygen atoms in total. The number of ether oxygens (including phenoxy) is 1. The standard InChI is InChI=1S/C17H13IN2O3/c18-12-5-7-13(8-6-12)23-16(21)9-10-20-11-19-15-4-2-1-3-14(15)17(20)22/h1-8,11H,9-10H2. The normalized spacial score (nSPS) is 10.7. The lowest BCUT2D eigenvalue weighted by Gasteiger charge is -2.07. The molecule has 1 aromatic heterocycles. The summed E-state index contributed by atoms with van der Waals surface area (Å²) in [7, 11) is 0. The number of aromatic nitrogens is 2. The molecule has 116 valence electrons. The van der Waals surface area contributed by atoms with Gasteiger partial charge in [-0.2, -0.15) is 0 Å². The van der Waals surface area contributed by atoms with E-state index in [1.54, 1.807) is 30.3 Å². The van der Waals surface area contributed by atoms with Crippen molar-refractivity contribution in [2.75, 3.05) is 0 Å². The lowest BCUT2D eigenvalue weighted by molar-refractivity contribution is -0.134. The minimum atomic E-state index is -0.383. The van der Waals surface area contributed by atoms with Gasteiger partial charge in [-0.15, -0.1) is 0 Å². The number of aryl methyl sites for hydroxylation is 1. The minimum absolute atomic E-state index is 0.103. The molecule has 0 saturated carbocycles. The van der Waals surface area contributed by atoms with Crippen LogP contribution in [0.2, 0.25) is 0 Å². The van der Waals surface area contributed by atoms with Crippen LogP contribution in [0.15, 0.2) is 59.7 Å². The highest BCUT2D eigenvalue weighted by atomic mass is 127. The quantitative estimate of drug-likeness (QED) is 0.370. The van der Waals surface area contributed by atoms with E-state index in [2.05, 4.69) is 27.6 Å². The maximum atomic E-state index is 12.3. The number of carbonyl (C=O) groups excluding carboxylic acids is 1. The third-order valence-electron chi connectivity index (χ3n) is 3.33. The van der Waals surface area contributed by atoms with Crippen molar-refractivity contribution in [3.05, 3.63) is 68.8 Å². The SMILES string of the molecule is O=C(CCn1cnc2ccccc2c1=O)Oc1ccc(I)cc1. The largest absolute Gasteiger partial charge is 0.426 e. The van der Waals surface area contributed by atoms with Crippen molar-refractivity contribution in [1.82, 2.24) is 9.55 Å². The summed E-state index contributed by atoms with van der Waals surface area (Å²) in [6, 6.07) is 14.3. The number of hydrogen-bond acceptors (Lipinski definition) is 4. The Kier molecular flexibility index (Phi) is 4.71. The number of hydrogen-bond donors (Lipinski definition) is 0. The topological polar surface area (TPSA) is 61.2 Å². The van der Waals surface area contributed by atoms with Crippen LogP contribution in [0, 0.1) is 3.57 Å². The van der Waals surface area contributed by atoms with Crippen molar-refractivity contribution >= 4 is 39.5 Å². The minimum Gasteiger partial charge on any atom is -0.426 e. The van der Waals surface area contributed by atoms with Gasteiger partial charge in [0.15, 0.2) is 0 Å². The highest BCUT2D eigenvalue weighted by Crippen LogP contribution is 2.14. The number of para-hydroxylation sites is 1. The molecule has 0 amide bonds. The molecule has 6 heteroatoms. The number of rotatable bonds is 4. The van der Waals surface area contributed by atoms with E-state index >= 15 is 0 Å². The molecular formula is C17H13IN2O3. The average molecular weight is 420 g/mol. The van der Waals surface area contributed by atoms with Crippen LogP contribution in [0.1, 0.15) is 6.42 Å². The van der Waals surface area contributed by atoms with E-state index in [1.807, 2.05) is 18.2 Å². The number of benzene rings is 2. The third-order valence-corrected chi connectivity index (χ3v) is 4.05. The highest BCUT2D eigenvalue weighted by Gasteiger charge is 2.08. The average Bonchev–Trinajstić information content (AvgIpc) is 2.57. The fraction of sp³-hybridized carbons (Fsp3) is 0.118. The fourth-order valence-electron chi connectivity index (χ4n) is 2.16. The number of halogens is 1. The van der Waals surface area contributed by atoms with Gasteiger partial charge in [-0.25, -0.2) is 4.98 Å². The number of esters is 1. The van der Waals surface area contributed by atoms with Crippen LogP contribution in [0.3, 0.4) is 0 Å². The predicted molar refractivity (Wildman–Crippen MR) is 95.4 cm³/mol. The van der Waals surface area contributed by atoms with E-state index in [9.17, 15) is 9.59 Å². The maximum absolute atomic E-state index is 12.3. The van der Waals surface area contributed by atoms with Crippen LogP contribution in [0.25, 0.3) is 10.9 Å². The zero-order chi connectivity index (χ0) is 16.2. The van der Waals surface area contributed by atoms with Crippen molar-refractivity contribution < 1.29 is 9.53 Å². The molecule has 2 aromatic carbocycles. The van der Waals surface area contributed by atoms with Crippen molar-refractivity contribution in [2.45, 2.75) is 13.0 Å². The molecule has 3 aromatic rings. The zero-order valence-corrected chi connectivity index (χ0v) is 14.3. The summed E-state index contributed by atoms with van der Waals surface area (Å²) in [6.07, 6.45) is 1.56. The molecule has 0 radical (unpaired) electrons. The Morgan fingerprint density at radius 2 is 1.87 bits per heavy atom. The Labute approximate surface area is 146 Å². The molecule has 0 aliphatic carbocycles. The monoisotopic (exact) mass is 420 g/mol. The molecule has 3 rings (SSSR count). The molecule has 0 atom stereocenters. The summed E-state index contributed by atoms with van der Waals surface area (Å²) >= 11 is 2.18. The lowest BCUT2D eigenvalue weighted by atomic mass is 10.2. The summed E-state index contributed by atoms with van der Waals surface area (Å²) in [4.78, 5) is 28.4. The first kappa shape index (κ1) is 15.7. The van der Waals surface area contributed by atoms with Gasteiger partial charge in [-0.3, -0.25) is 14.2 Å². The van der Waals surface area contributed by atoms with E-state index in [4.69, 9.17) is 4.74 Å². The van der Waals surface area contributed by atoms with Crippen LogP contribution >= 0.6 is 22.6 Å². The van der Waals surface area contributed by atoms with Gasteiger partial charge in [-0.05, 0) is 59.0 Å². The van der Waals surface area contributed by atoms with E-state index in [0.29, 0.717) is 16.7 Å². The molecule has 0 unspecified atom stereocenters. The number of carbonyl (C=O) groups is 1. The second-order valence-corrected chi connectivity index (χ2v) is 6.18. The first-order chi connectivity index (χ1) is 11.1. The van der Waals surface area contributed by atoms with Gasteiger partial charge >= 0.3 is 5.97 Å². The van der Waals surface area contributed by atoms with Gasteiger partial charge in [0.25, 0.3) is 5.56 Å². The van der Waals surface area contributed by atoms with Gasteiger partial charge in [0.2, 0.25) is 0 Å². The Bertz CT molecular complexity index is 904.